The number of rotatable bonds is 24. The average molecular weight is 1030 g/mol. The van der Waals surface area contributed by atoms with Crippen molar-refractivity contribution in [2.45, 2.75) is 136 Å². The number of hydrogen-bond acceptors (Lipinski definition) is 12. The zero-order valence-electron chi connectivity index (χ0n) is 44.2. The third kappa shape index (κ3) is 14.8. The van der Waals surface area contributed by atoms with Gasteiger partial charge in [-0.25, -0.2) is 4.57 Å². The van der Waals surface area contributed by atoms with E-state index in [4.69, 9.17) is 4.74 Å². The summed E-state index contributed by atoms with van der Waals surface area (Å²) in [6, 6.07) is 25.2. The number of aromatic nitrogens is 3. The van der Waals surface area contributed by atoms with Gasteiger partial charge in [0.15, 0.2) is 11.6 Å². The first-order valence-electron chi connectivity index (χ1n) is 26.3. The van der Waals surface area contributed by atoms with E-state index in [9.17, 15) is 39.3 Å². The molecule has 17 nitrogen and oxygen atoms in total. The lowest BCUT2D eigenvalue weighted by atomic mass is 9.93. The number of hydrogen-bond donors (Lipinski definition) is 7. The van der Waals surface area contributed by atoms with Crippen molar-refractivity contribution in [3.8, 4) is 34.6 Å². The standard InChI is InChI=1S/C58H74N8O9/c1-35(2)28-46(51(69)58(7)34-75-58)60-56(73)48(30-39-16-12-9-13-17-39)62-55(72)47(29-36(3)4)61-54(71)45(23-20-38-14-10-8-11-15-38)59-53(70)41-24-26-65(27-25-41)33-40-18-21-42(22-19-40)66-52(63-64-57(66)74)44-31-43(37(5)6)49(67)32-50(44)68/h8-19,21-22,31-32,35-37,41,45-48,67-68H,20,23-30,33-34H2,1-7H3,(H,59,70)(H,60,73)(H,61,71)(H,62,72)(H,64,74)/t45-,46-,47-,48-,58-/m0/s1. The number of likely N-dealkylation sites (tertiary alicyclic amines) is 1. The van der Waals surface area contributed by atoms with Crippen LogP contribution in [-0.2, 0) is 48.1 Å². The SMILES string of the molecule is CC(C)C[C@H](NC(=O)[C@H](CCc1ccccc1)NC(=O)C1CCN(Cc2ccc(-n3c(O)nnc3-c3cc(C(C)C)c(O)cc3O)cc2)CC1)C(=O)N[C@@H](Cc1ccccc1)C(=O)N[C@@H](CC(C)C)C(=O)[C@]1(C)CO1. The number of epoxide rings is 1. The van der Waals surface area contributed by atoms with Crippen LogP contribution < -0.4 is 21.3 Å². The minimum Gasteiger partial charge on any atom is -0.508 e. The quantitative estimate of drug-likeness (QED) is 0.0322. The molecule has 2 aliphatic rings. The first kappa shape index (κ1) is 55.6. The smallest absolute Gasteiger partial charge is 0.319 e. The number of phenols is 2. The number of nitrogens with one attached hydrogen (secondary N) is 4. The van der Waals surface area contributed by atoms with Gasteiger partial charge in [0, 0.05) is 24.9 Å². The predicted molar refractivity (Wildman–Crippen MR) is 285 cm³/mol. The number of nitrogens with zero attached hydrogens (tertiary/aromatic N) is 4. The molecule has 2 fully saturated rings. The number of aryl methyl sites for hydroxylation is 1. The van der Waals surface area contributed by atoms with Crippen LogP contribution in [0.25, 0.3) is 17.1 Å². The van der Waals surface area contributed by atoms with E-state index in [1.165, 1.54) is 10.6 Å². The lowest BCUT2D eigenvalue weighted by molar-refractivity contribution is -0.135. The van der Waals surface area contributed by atoms with Crippen LogP contribution in [0.4, 0.5) is 0 Å². The second-order valence-corrected chi connectivity index (χ2v) is 21.6. The molecular formula is C58H74N8O9. The van der Waals surface area contributed by atoms with Crippen molar-refractivity contribution in [2.24, 2.45) is 17.8 Å². The maximum absolute atomic E-state index is 14.5. The molecule has 400 valence electrons. The maximum atomic E-state index is 14.5. The Hall–Kier alpha value is -7.11. The molecule has 5 atom stereocenters. The van der Waals surface area contributed by atoms with E-state index in [0.29, 0.717) is 62.1 Å². The highest BCUT2D eigenvalue weighted by atomic mass is 16.6. The number of aromatic hydroxyl groups is 3. The van der Waals surface area contributed by atoms with E-state index in [1.807, 2.05) is 126 Å². The van der Waals surface area contributed by atoms with Crippen LogP contribution in [0, 0.1) is 17.8 Å². The number of carbonyl (C=O) groups is 5. The molecule has 0 aliphatic carbocycles. The Bertz CT molecular complexity index is 2750. The molecule has 0 saturated carbocycles. The fourth-order valence-corrected chi connectivity index (χ4v) is 9.70. The summed E-state index contributed by atoms with van der Waals surface area (Å²) in [5.74, 6) is -2.38. The van der Waals surface area contributed by atoms with Crippen LogP contribution in [0.3, 0.4) is 0 Å². The van der Waals surface area contributed by atoms with E-state index >= 15 is 0 Å². The van der Waals surface area contributed by atoms with Crippen LogP contribution >= 0.6 is 0 Å². The zero-order valence-corrected chi connectivity index (χ0v) is 44.2. The second-order valence-electron chi connectivity index (χ2n) is 21.6. The number of carbonyl (C=O) groups excluding carboxylic acids is 5. The summed E-state index contributed by atoms with van der Waals surface area (Å²) in [4.78, 5) is 72.9. The van der Waals surface area contributed by atoms with Gasteiger partial charge in [0.25, 0.3) is 0 Å². The summed E-state index contributed by atoms with van der Waals surface area (Å²) >= 11 is 0. The topological polar surface area (TPSA) is 241 Å². The van der Waals surface area contributed by atoms with Crippen LogP contribution in [-0.4, -0.2) is 114 Å². The summed E-state index contributed by atoms with van der Waals surface area (Å²) in [7, 11) is 0. The third-order valence-electron chi connectivity index (χ3n) is 14.1. The Morgan fingerprint density at radius 1 is 0.667 bits per heavy atom. The number of benzene rings is 4. The summed E-state index contributed by atoms with van der Waals surface area (Å²) in [5, 5.41) is 51.8. The molecule has 2 aliphatic heterocycles. The van der Waals surface area contributed by atoms with Gasteiger partial charge in [-0.3, -0.25) is 28.9 Å². The van der Waals surface area contributed by atoms with Crippen molar-refractivity contribution in [1.29, 1.82) is 0 Å². The first-order chi connectivity index (χ1) is 35.8. The van der Waals surface area contributed by atoms with E-state index in [2.05, 4.69) is 36.4 Å². The highest BCUT2D eigenvalue weighted by molar-refractivity contribution is 5.99. The minimum absolute atomic E-state index is 0.0317. The number of ether oxygens (including phenoxy) is 1. The van der Waals surface area contributed by atoms with Gasteiger partial charge in [-0.1, -0.05) is 119 Å². The van der Waals surface area contributed by atoms with Gasteiger partial charge in [-0.2, -0.15) is 0 Å². The third-order valence-corrected chi connectivity index (χ3v) is 14.1. The molecule has 0 radical (unpaired) electrons. The van der Waals surface area contributed by atoms with Gasteiger partial charge in [0.1, 0.15) is 35.2 Å². The Labute approximate surface area is 439 Å². The van der Waals surface area contributed by atoms with Crippen molar-refractivity contribution in [3.63, 3.8) is 0 Å². The highest BCUT2D eigenvalue weighted by Gasteiger charge is 2.50. The molecule has 0 unspecified atom stereocenters. The number of piperidine rings is 1. The fourth-order valence-electron chi connectivity index (χ4n) is 9.70. The second kappa shape index (κ2) is 24.9. The fraction of sp³-hybridized carbons (Fsp3) is 0.466. The molecule has 7 rings (SSSR count). The monoisotopic (exact) mass is 1030 g/mol. The lowest BCUT2D eigenvalue weighted by Crippen LogP contribution is -2.59. The van der Waals surface area contributed by atoms with E-state index in [-0.39, 0.29) is 84.6 Å². The lowest BCUT2D eigenvalue weighted by Gasteiger charge is -2.32. The van der Waals surface area contributed by atoms with E-state index in [0.717, 1.165) is 16.7 Å². The van der Waals surface area contributed by atoms with Gasteiger partial charge < -0.3 is 41.3 Å². The first-order valence-corrected chi connectivity index (χ1v) is 26.3. The summed E-state index contributed by atoms with van der Waals surface area (Å²) in [6.45, 7) is 15.5. The Morgan fingerprint density at radius 3 is 1.83 bits per heavy atom. The molecule has 0 bridgehead atoms. The van der Waals surface area contributed by atoms with Crippen molar-refractivity contribution >= 4 is 29.4 Å². The van der Waals surface area contributed by atoms with Gasteiger partial charge >= 0.3 is 6.01 Å². The predicted octanol–water partition coefficient (Wildman–Crippen LogP) is 6.65. The van der Waals surface area contributed by atoms with Crippen LogP contribution in [0.5, 0.6) is 17.5 Å². The van der Waals surface area contributed by atoms with Gasteiger partial charge in [0.2, 0.25) is 23.6 Å². The number of Topliss-reactive ketones (excluding diaryl/α,β-unsaturated/α-hetero) is 1. The van der Waals surface area contributed by atoms with E-state index in [1.54, 1.807) is 13.0 Å². The van der Waals surface area contributed by atoms with Crippen molar-refractivity contribution in [2.75, 3.05) is 19.7 Å². The number of phenolic OH excluding ortho intramolecular Hbond substituents is 2. The molecule has 4 aromatic carbocycles. The molecule has 75 heavy (non-hydrogen) atoms. The van der Waals surface area contributed by atoms with Gasteiger partial charge in [-0.05, 0) is 117 Å². The molecule has 0 spiro atoms. The van der Waals surface area contributed by atoms with Crippen LogP contribution in [0.15, 0.2) is 97.1 Å². The Balaban J connectivity index is 1.00. The normalized spacial score (nSPS) is 17.5. The molecular weight excluding hydrogens is 953 g/mol. The Kier molecular flexibility index (Phi) is 18.5. The molecule has 1 aromatic heterocycles. The highest BCUT2D eigenvalue weighted by Crippen LogP contribution is 2.39. The maximum Gasteiger partial charge on any atom is 0.319 e. The minimum atomic E-state index is -1.07. The zero-order chi connectivity index (χ0) is 54.0. The van der Waals surface area contributed by atoms with Crippen LogP contribution in [0.2, 0.25) is 0 Å². The van der Waals surface area contributed by atoms with Crippen molar-refractivity contribution in [3.05, 3.63) is 119 Å². The molecule has 3 heterocycles. The number of amides is 4. The molecule has 4 amide bonds. The summed E-state index contributed by atoms with van der Waals surface area (Å²) in [6.07, 6.45) is 2.69. The van der Waals surface area contributed by atoms with E-state index < -0.39 is 47.5 Å². The number of ketones is 1. The van der Waals surface area contributed by atoms with Crippen LogP contribution in [0.1, 0.15) is 109 Å². The molecule has 2 saturated heterocycles. The largest absolute Gasteiger partial charge is 0.508 e. The molecule has 7 N–H and O–H groups in total. The molecule has 5 aromatic rings. The average Bonchev–Trinajstić information content (AvgIpc) is 4.03. The molecule has 17 heteroatoms. The Morgan fingerprint density at radius 2 is 1.23 bits per heavy atom. The van der Waals surface area contributed by atoms with Gasteiger partial charge in [-0.15, -0.1) is 5.10 Å². The van der Waals surface area contributed by atoms with Crippen molar-refractivity contribution < 1.29 is 44.0 Å². The summed E-state index contributed by atoms with van der Waals surface area (Å²) < 4.78 is 6.88. The van der Waals surface area contributed by atoms with Gasteiger partial charge in [0.05, 0.1) is 23.9 Å². The summed E-state index contributed by atoms with van der Waals surface area (Å²) in [5.41, 5.74) is 3.33. The van der Waals surface area contributed by atoms with Crippen molar-refractivity contribution in [1.82, 2.24) is 40.9 Å².